The topological polar surface area (TPSA) is 50.8 Å². The Morgan fingerprint density at radius 1 is 1.10 bits per heavy atom. The van der Waals surface area contributed by atoms with Crippen molar-refractivity contribution in [1.29, 1.82) is 0 Å². The van der Waals surface area contributed by atoms with Crippen molar-refractivity contribution in [3.05, 3.63) is 59.7 Å². The van der Waals surface area contributed by atoms with E-state index < -0.39 is 5.41 Å². The summed E-state index contributed by atoms with van der Waals surface area (Å²) >= 11 is 0. The first-order valence-corrected chi connectivity index (χ1v) is 11.6. The largest absolute Gasteiger partial charge is 0.494 e. The van der Waals surface area contributed by atoms with Crippen LogP contribution in [0.4, 0.5) is 5.69 Å². The molecule has 0 radical (unpaired) electrons. The zero-order valence-electron chi connectivity index (χ0n) is 18.6. The Kier molecular flexibility index (Phi) is 7.25. The van der Waals surface area contributed by atoms with Crippen molar-refractivity contribution in [2.75, 3.05) is 44.8 Å². The molecule has 2 fully saturated rings. The van der Waals surface area contributed by atoms with Gasteiger partial charge in [0.2, 0.25) is 5.91 Å². The van der Waals surface area contributed by atoms with Crippen LogP contribution in [0.1, 0.15) is 43.2 Å². The van der Waals surface area contributed by atoms with E-state index >= 15 is 0 Å². The summed E-state index contributed by atoms with van der Waals surface area (Å²) in [6.45, 7) is 7.56. The summed E-state index contributed by atoms with van der Waals surface area (Å²) in [7, 11) is 0. The molecule has 4 rings (SSSR count). The Hall–Kier alpha value is -2.37. The third kappa shape index (κ3) is 5.46. The van der Waals surface area contributed by atoms with Crippen molar-refractivity contribution in [2.45, 2.75) is 44.4 Å². The van der Waals surface area contributed by atoms with Gasteiger partial charge in [0, 0.05) is 25.4 Å². The standard InChI is InChI=1S/C26H34N2O3/c1-21-6-4-7-22(20-21)26(12-18-30-19-13-26)25(29)27-23-8-10-24(11-9-23)31-17-5-16-28-14-2-3-15-28/h4,6-11,20H,2-3,5,12-19H2,1H3,(H,27,29). The average Bonchev–Trinajstić information content (AvgIpc) is 3.32. The van der Waals surface area contributed by atoms with Crippen LogP contribution in [0.15, 0.2) is 48.5 Å². The zero-order valence-corrected chi connectivity index (χ0v) is 18.6. The third-order valence-electron chi connectivity index (χ3n) is 6.55. The Balaban J connectivity index is 1.35. The summed E-state index contributed by atoms with van der Waals surface area (Å²) in [5.74, 6) is 0.888. The number of benzene rings is 2. The number of aryl methyl sites for hydroxylation is 1. The molecular weight excluding hydrogens is 388 g/mol. The smallest absolute Gasteiger partial charge is 0.235 e. The van der Waals surface area contributed by atoms with E-state index in [2.05, 4.69) is 35.3 Å². The van der Waals surface area contributed by atoms with Crippen molar-refractivity contribution in [2.24, 2.45) is 0 Å². The minimum Gasteiger partial charge on any atom is -0.494 e. The number of ether oxygens (including phenoxy) is 2. The highest BCUT2D eigenvalue weighted by Gasteiger charge is 2.41. The van der Waals surface area contributed by atoms with Gasteiger partial charge in [-0.1, -0.05) is 29.8 Å². The molecule has 1 amide bonds. The lowest BCUT2D eigenvalue weighted by Crippen LogP contribution is -2.44. The van der Waals surface area contributed by atoms with Crippen LogP contribution in [0.5, 0.6) is 5.75 Å². The summed E-state index contributed by atoms with van der Waals surface area (Å²) in [6.07, 6.45) is 5.08. The molecular formula is C26H34N2O3. The van der Waals surface area contributed by atoms with Gasteiger partial charge in [-0.3, -0.25) is 4.79 Å². The SMILES string of the molecule is Cc1cccc(C2(C(=O)Nc3ccc(OCCCN4CCCC4)cc3)CCOCC2)c1. The normalized spacial score (nSPS) is 18.6. The van der Waals surface area contributed by atoms with Crippen molar-refractivity contribution >= 4 is 11.6 Å². The van der Waals surface area contributed by atoms with Gasteiger partial charge in [-0.05, 0) is 81.9 Å². The second kappa shape index (κ2) is 10.3. The van der Waals surface area contributed by atoms with Crippen LogP contribution in [-0.4, -0.2) is 50.3 Å². The maximum Gasteiger partial charge on any atom is 0.235 e. The van der Waals surface area contributed by atoms with Gasteiger partial charge in [0.15, 0.2) is 0 Å². The molecule has 2 aromatic carbocycles. The van der Waals surface area contributed by atoms with Gasteiger partial charge in [-0.15, -0.1) is 0 Å². The number of nitrogens with one attached hydrogen (secondary N) is 1. The van der Waals surface area contributed by atoms with Crippen molar-refractivity contribution < 1.29 is 14.3 Å². The first-order valence-electron chi connectivity index (χ1n) is 11.6. The number of hydrogen-bond donors (Lipinski definition) is 1. The van der Waals surface area contributed by atoms with Gasteiger partial charge in [-0.25, -0.2) is 0 Å². The Bertz CT molecular complexity index is 853. The highest BCUT2D eigenvalue weighted by atomic mass is 16.5. The molecule has 5 nitrogen and oxygen atoms in total. The van der Waals surface area contributed by atoms with Gasteiger partial charge in [0.25, 0.3) is 0 Å². The van der Waals surface area contributed by atoms with Crippen molar-refractivity contribution in [3.8, 4) is 5.75 Å². The third-order valence-corrected chi connectivity index (χ3v) is 6.55. The minimum atomic E-state index is -0.547. The molecule has 0 atom stereocenters. The maximum atomic E-state index is 13.4. The first-order chi connectivity index (χ1) is 15.2. The quantitative estimate of drug-likeness (QED) is 0.634. The molecule has 2 aliphatic heterocycles. The number of amides is 1. The van der Waals surface area contributed by atoms with Crippen LogP contribution < -0.4 is 10.1 Å². The molecule has 0 spiro atoms. The van der Waals surface area contributed by atoms with E-state index in [1.807, 2.05) is 30.3 Å². The molecule has 0 unspecified atom stereocenters. The number of carbonyl (C=O) groups excluding carboxylic acids is 1. The van der Waals surface area contributed by atoms with Gasteiger partial charge in [0.05, 0.1) is 12.0 Å². The highest BCUT2D eigenvalue weighted by molar-refractivity contribution is 5.99. The van der Waals surface area contributed by atoms with Crippen molar-refractivity contribution in [1.82, 2.24) is 4.90 Å². The minimum absolute atomic E-state index is 0.0423. The van der Waals surface area contributed by atoms with E-state index in [4.69, 9.17) is 9.47 Å². The first kappa shape index (κ1) is 21.8. The van der Waals surface area contributed by atoms with Crippen molar-refractivity contribution in [3.63, 3.8) is 0 Å². The van der Waals surface area contributed by atoms with E-state index in [0.29, 0.717) is 26.1 Å². The fraction of sp³-hybridized carbons (Fsp3) is 0.500. The van der Waals surface area contributed by atoms with Crippen LogP contribution in [0.25, 0.3) is 0 Å². The number of hydrogen-bond acceptors (Lipinski definition) is 4. The predicted octanol–water partition coefficient (Wildman–Crippen LogP) is 4.55. The zero-order chi connectivity index (χ0) is 21.5. The Morgan fingerprint density at radius 3 is 2.55 bits per heavy atom. The fourth-order valence-corrected chi connectivity index (χ4v) is 4.68. The van der Waals surface area contributed by atoms with E-state index in [1.54, 1.807) is 0 Å². The number of carbonyl (C=O) groups is 1. The van der Waals surface area contributed by atoms with Crippen LogP contribution in [0.2, 0.25) is 0 Å². The maximum absolute atomic E-state index is 13.4. The monoisotopic (exact) mass is 422 g/mol. The lowest BCUT2D eigenvalue weighted by Gasteiger charge is -2.36. The molecule has 0 aliphatic carbocycles. The lowest BCUT2D eigenvalue weighted by atomic mass is 9.73. The fourth-order valence-electron chi connectivity index (χ4n) is 4.68. The Morgan fingerprint density at radius 2 is 1.84 bits per heavy atom. The molecule has 2 aromatic rings. The second-order valence-corrected chi connectivity index (χ2v) is 8.79. The van der Waals surface area contributed by atoms with Crippen LogP contribution in [-0.2, 0) is 14.9 Å². The molecule has 166 valence electrons. The molecule has 2 saturated heterocycles. The molecule has 5 heteroatoms. The summed E-state index contributed by atoms with van der Waals surface area (Å²) in [5.41, 5.74) is 2.50. The summed E-state index contributed by atoms with van der Waals surface area (Å²) < 4.78 is 11.5. The van der Waals surface area contributed by atoms with Crippen LogP contribution in [0.3, 0.4) is 0 Å². The summed E-state index contributed by atoms with van der Waals surface area (Å²) in [6, 6.07) is 16.0. The number of rotatable bonds is 8. The van der Waals surface area contributed by atoms with E-state index in [1.165, 1.54) is 31.5 Å². The van der Waals surface area contributed by atoms with Gasteiger partial charge < -0.3 is 19.7 Å². The van der Waals surface area contributed by atoms with Gasteiger partial charge in [-0.2, -0.15) is 0 Å². The van der Waals surface area contributed by atoms with Gasteiger partial charge in [0.1, 0.15) is 5.75 Å². The Labute approximate surface area is 185 Å². The van der Waals surface area contributed by atoms with E-state index in [0.717, 1.165) is 36.6 Å². The highest BCUT2D eigenvalue weighted by Crippen LogP contribution is 2.36. The summed E-state index contributed by atoms with van der Waals surface area (Å²) in [5, 5.41) is 3.15. The average molecular weight is 423 g/mol. The second-order valence-electron chi connectivity index (χ2n) is 8.79. The number of nitrogens with zero attached hydrogens (tertiary/aromatic N) is 1. The molecule has 0 saturated carbocycles. The van der Waals surface area contributed by atoms with Crippen LogP contribution >= 0.6 is 0 Å². The van der Waals surface area contributed by atoms with Crippen LogP contribution in [0, 0.1) is 6.92 Å². The number of anilines is 1. The summed E-state index contributed by atoms with van der Waals surface area (Å²) in [4.78, 5) is 15.9. The van der Waals surface area contributed by atoms with Gasteiger partial charge >= 0.3 is 0 Å². The molecule has 2 aliphatic rings. The number of likely N-dealkylation sites (tertiary alicyclic amines) is 1. The molecule has 1 N–H and O–H groups in total. The lowest BCUT2D eigenvalue weighted by molar-refractivity contribution is -0.125. The molecule has 0 bridgehead atoms. The molecule has 31 heavy (non-hydrogen) atoms. The molecule has 0 aromatic heterocycles. The molecule has 2 heterocycles. The van der Waals surface area contributed by atoms with E-state index in [-0.39, 0.29) is 5.91 Å². The van der Waals surface area contributed by atoms with E-state index in [9.17, 15) is 4.79 Å². The predicted molar refractivity (Wildman–Crippen MR) is 124 cm³/mol.